The summed E-state index contributed by atoms with van der Waals surface area (Å²) in [6.07, 6.45) is 1.32. The number of carboxylic acids is 1. The van der Waals surface area contributed by atoms with Crippen molar-refractivity contribution in [1.29, 1.82) is 0 Å². The van der Waals surface area contributed by atoms with Gasteiger partial charge in [0.15, 0.2) is 0 Å². The molecule has 0 aliphatic carbocycles. The Kier molecular flexibility index (Phi) is 5.10. The molecule has 1 aromatic heterocycles. The molecule has 1 saturated heterocycles. The van der Waals surface area contributed by atoms with Gasteiger partial charge in [0.25, 0.3) is 5.91 Å². The van der Waals surface area contributed by atoms with Crippen molar-refractivity contribution in [3.8, 4) is 0 Å². The number of benzene rings is 2. The molecule has 36 heavy (non-hydrogen) atoms. The van der Waals surface area contributed by atoms with Crippen molar-refractivity contribution < 1.29 is 24.3 Å². The molecule has 1 fully saturated rings. The van der Waals surface area contributed by atoms with Gasteiger partial charge in [0, 0.05) is 35.1 Å². The van der Waals surface area contributed by atoms with E-state index in [2.05, 4.69) is 10.3 Å². The molecule has 4 heterocycles. The van der Waals surface area contributed by atoms with E-state index < -0.39 is 42.0 Å². The third kappa shape index (κ3) is 3.22. The number of para-hydroxylation sites is 1. The summed E-state index contributed by atoms with van der Waals surface area (Å²) in [7, 11) is 0. The van der Waals surface area contributed by atoms with Crippen LogP contribution in [-0.2, 0) is 20.8 Å². The number of aromatic amines is 1. The lowest BCUT2D eigenvalue weighted by Gasteiger charge is -2.37. The van der Waals surface area contributed by atoms with Gasteiger partial charge in [0.2, 0.25) is 11.8 Å². The molecule has 3 aliphatic rings. The van der Waals surface area contributed by atoms with Gasteiger partial charge in [-0.25, -0.2) is 4.79 Å². The molecule has 9 nitrogen and oxygen atoms in total. The minimum atomic E-state index is -1.04. The number of fused-ring (bicyclic) bond motifs is 7. The summed E-state index contributed by atoms with van der Waals surface area (Å²) in [4.78, 5) is 58.2. The van der Waals surface area contributed by atoms with Crippen LogP contribution in [0.2, 0.25) is 0 Å². The number of aliphatic carboxylic acids is 1. The fourth-order valence-electron chi connectivity index (χ4n) is 6.04. The topological polar surface area (TPSA) is 123 Å². The van der Waals surface area contributed by atoms with Crippen LogP contribution in [0.15, 0.2) is 48.5 Å². The predicted octanol–water partition coefficient (Wildman–Crippen LogP) is 2.22. The third-order valence-electron chi connectivity index (χ3n) is 7.70. The van der Waals surface area contributed by atoms with Crippen molar-refractivity contribution in [3.05, 3.63) is 70.9 Å². The van der Waals surface area contributed by atoms with Crippen molar-refractivity contribution >= 4 is 34.6 Å². The van der Waals surface area contributed by atoms with E-state index in [1.54, 1.807) is 17.9 Å². The molecule has 3 aliphatic heterocycles. The molecule has 0 spiro atoms. The van der Waals surface area contributed by atoms with Gasteiger partial charge >= 0.3 is 5.97 Å². The number of nitrogens with zero attached hydrogens (tertiary/aromatic N) is 2. The van der Waals surface area contributed by atoms with Crippen LogP contribution >= 0.6 is 0 Å². The zero-order chi connectivity index (χ0) is 25.1. The van der Waals surface area contributed by atoms with Crippen LogP contribution < -0.4 is 5.32 Å². The maximum absolute atomic E-state index is 13.6. The number of carboxylic acid groups (broad SMARTS) is 1. The van der Waals surface area contributed by atoms with Crippen molar-refractivity contribution in [2.75, 3.05) is 6.54 Å². The Morgan fingerprint density at radius 3 is 2.64 bits per heavy atom. The molecule has 4 atom stereocenters. The minimum absolute atomic E-state index is 0.218. The monoisotopic (exact) mass is 486 g/mol. The predicted molar refractivity (Wildman–Crippen MR) is 130 cm³/mol. The van der Waals surface area contributed by atoms with Crippen LogP contribution in [0.3, 0.4) is 0 Å². The van der Waals surface area contributed by atoms with Crippen LogP contribution in [0, 0.1) is 0 Å². The van der Waals surface area contributed by atoms with Gasteiger partial charge in [-0.05, 0) is 43.0 Å². The molecular weight excluding hydrogens is 460 g/mol. The lowest BCUT2D eigenvalue weighted by Crippen LogP contribution is -2.57. The van der Waals surface area contributed by atoms with E-state index in [4.69, 9.17) is 0 Å². The molecule has 0 bridgehead atoms. The number of likely N-dealkylation sites (tertiary alicyclic amines) is 1. The quantitative estimate of drug-likeness (QED) is 0.522. The summed E-state index contributed by atoms with van der Waals surface area (Å²) < 4.78 is 0. The van der Waals surface area contributed by atoms with Crippen molar-refractivity contribution in [2.45, 2.75) is 50.4 Å². The molecule has 0 saturated carbocycles. The number of rotatable bonds is 4. The summed E-state index contributed by atoms with van der Waals surface area (Å²) >= 11 is 0. The number of nitrogens with one attached hydrogen (secondary N) is 2. The van der Waals surface area contributed by atoms with Crippen LogP contribution in [0.25, 0.3) is 10.9 Å². The molecule has 0 radical (unpaired) electrons. The third-order valence-corrected chi connectivity index (χ3v) is 7.70. The maximum Gasteiger partial charge on any atom is 0.326 e. The summed E-state index contributed by atoms with van der Waals surface area (Å²) in [6.45, 7) is 1.91. The highest BCUT2D eigenvalue weighted by Gasteiger charge is 2.49. The minimum Gasteiger partial charge on any atom is -0.480 e. The maximum atomic E-state index is 13.6. The number of carbonyl (C=O) groups is 4. The summed E-state index contributed by atoms with van der Waals surface area (Å²) in [5.41, 5.74) is 4.25. The number of hydrogen-bond donors (Lipinski definition) is 3. The molecule has 6 rings (SSSR count). The first-order valence-corrected chi connectivity index (χ1v) is 12.2. The standard InChI is InChI=1S/C27H26N4O5/c1-14(25(33)30-12-6-11-20(30)27(35)36)28-24(32)21-13-18-15-7-4-5-10-19(15)29-22(18)23-16-8-2-3-9-17(16)26(34)31(21)23/h2-5,7-10,14,20-21,23,29H,6,11-13H2,1H3,(H,28,32)(H,35,36). The second-order valence-electron chi connectivity index (χ2n) is 9.74. The van der Waals surface area contributed by atoms with E-state index in [9.17, 15) is 24.3 Å². The van der Waals surface area contributed by atoms with Gasteiger partial charge in [-0.1, -0.05) is 36.4 Å². The Hall–Kier alpha value is -4.14. The van der Waals surface area contributed by atoms with Crippen LogP contribution in [0.5, 0.6) is 0 Å². The zero-order valence-corrected chi connectivity index (χ0v) is 19.7. The van der Waals surface area contributed by atoms with E-state index in [0.29, 0.717) is 31.4 Å². The van der Waals surface area contributed by atoms with E-state index >= 15 is 0 Å². The van der Waals surface area contributed by atoms with Gasteiger partial charge in [-0.2, -0.15) is 0 Å². The first-order chi connectivity index (χ1) is 17.4. The van der Waals surface area contributed by atoms with Gasteiger partial charge in [0.1, 0.15) is 18.1 Å². The number of amides is 3. The van der Waals surface area contributed by atoms with Gasteiger partial charge in [-0.15, -0.1) is 0 Å². The number of aromatic nitrogens is 1. The van der Waals surface area contributed by atoms with Crippen LogP contribution in [-0.4, -0.2) is 68.3 Å². The fraction of sp³-hybridized carbons (Fsp3) is 0.333. The summed E-state index contributed by atoms with van der Waals surface area (Å²) in [5, 5.41) is 13.2. The molecule has 9 heteroatoms. The molecule has 2 aromatic carbocycles. The molecule has 4 unspecified atom stereocenters. The normalized spacial score (nSPS) is 23.2. The average Bonchev–Trinajstić information content (AvgIpc) is 3.58. The Bertz CT molecular complexity index is 1430. The fourth-order valence-corrected chi connectivity index (χ4v) is 6.04. The second kappa shape index (κ2) is 8.22. The highest BCUT2D eigenvalue weighted by molar-refractivity contribution is 6.04. The average molecular weight is 487 g/mol. The summed E-state index contributed by atoms with van der Waals surface area (Å²) in [5.74, 6) is -2.11. The Labute approximate surface area is 207 Å². The molecular formula is C27H26N4O5. The van der Waals surface area contributed by atoms with E-state index in [0.717, 1.165) is 27.7 Å². The Morgan fingerprint density at radius 2 is 1.83 bits per heavy atom. The number of carbonyl (C=O) groups excluding carboxylic acids is 3. The van der Waals surface area contributed by atoms with E-state index in [1.165, 1.54) is 4.90 Å². The lowest BCUT2D eigenvalue weighted by molar-refractivity contribution is -0.149. The van der Waals surface area contributed by atoms with Gasteiger partial charge in [-0.3, -0.25) is 14.4 Å². The first-order valence-electron chi connectivity index (χ1n) is 12.2. The number of hydrogen-bond acceptors (Lipinski definition) is 4. The molecule has 3 aromatic rings. The van der Waals surface area contributed by atoms with Crippen molar-refractivity contribution in [2.24, 2.45) is 0 Å². The van der Waals surface area contributed by atoms with Crippen LogP contribution in [0.1, 0.15) is 53.0 Å². The van der Waals surface area contributed by atoms with Gasteiger partial charge in [0.05, 0.1) is 6.04 Å². The summed E-state index contributed by atoms with van der Waals surface area (Å²) in [6, 6.07) is 12.2. The van der Waals surface area contributed by atoms with Crippen molar-refractivity contribution in [3.63, 3.8) is 0 Å². The SMILES string of the molecule is CC(NC(=O)C1Cc2c([nH]c3ccccc23)C2c3ccccc3C(=O)N12)C(=O)N1CCCC1C(=O)O. The second-order valence-corrected chi connectivity index (χ2v) is 9.74. The number of H-pyrrole nitrogens is 1. The lowest BCUT2D eigenvalue weighted by atomic mass is 9.90. The first kappa shape index (κ1) is 22.3. The van der Waals surface area contributed by atoms with E-state index in [1.807, 2.05) is 42.5 Å². The Morgan fingerprint density at radius 1 is 1.08 bits per heavy atom. The van der Waals surface area contributed by atoms with E-state index in [-0.39, 0.29) is 5.91 Å². The highest BCUT2D eigenvalue weighted by Crippen LogP contribution is 2.46. The van der Waals surface area contributed by atoms with Crippen molar-refractivity contribution in [1.82, 2.24) is 20.1 Å². The molecule has 3 amide bonds. The van der Waals surface area contributed by atoms with Gasteiger partial charge < -0.3 is 25.2 Å². The molecule has 3 N–H and O–H groups in total. The zero-order valence-electron chi connectivity index (χ0n) is 19.7. The largest absolute Gasteiger partial charge is 0.480 e. The Balaban J connectivity index is 1.34. The highest BCUT2D eigenvalue weighted by atomic mass is 16.4. The molecule has 184 valence electrons. The van der Waals surface area contributed by atoms with Crippen LogP contribution in [0.4, 0.5) is 0 Å². The smallest absolute Gasteiger partial charge is 0.326 e.